The third-order valence-electron chi connectivity index (χ3n) is 10.0. The summed E-state index contributed by atoms with van der Waals surface area (Å²) in [5, 5.41) is 12.6. The second kappa shape index (κ2) is 8.48. The standard InChI is InChI=1S/C28H44O7/c1-18-16-32-24(5,20(3)19(18)2)35-27(8)25(6,29)26(7)23(4,34-28(27,9)30-10)17-31-22(33-26)21-14-12-11-13-15-21/h11-15,18-20,22,29H,16-17H2,1-10H3/t18-,19+,20+,22-,23+,24-,25+,26+,27-,28-/m0/s1. The van der Waals surface area contributed by atoms with Crippen LogP contribution in [0.15, 0.2) is 30.3 Å². The Hall–Kier alpha value is -1.06. The summed E-state index contributed by atoms with van der Waals surface area (Å²) in [5.74, 6) is -1.48. The molecule has 0 aromatic heterocycles. The largest absolute Gasteiger partial charge is 0.384 e. The van der Waals surface area contributed by atoms with Crippen LogP contribution in [0.4, 0.5) is 0 Å². The lowest BCUT2D eigenvalue weighted by molar-refractivity contribution is -0.516. The molecule has 0 bridgehead atoms. The Morgan fingerprint density at radius 1 is 0.971 bits per heavy atom. The number of ether oxygens (including phenoxy) is 6. The van der Waals surface area contributed by atoms with E-state index in [1.165, 1.54) is 0 Å². The summed E-state index contributed by atoms with van der Waals surface area (Å²) >= 11 is 0. The van der Waals surface area contributed by atoms with Crippen LogP contribution in [0.2, 0.25) is 0 Å². The van der Waals surface area contributed by atoms with Gasteiger partial charge in [0.1, 0.15) is 16.8 Å². The Balaban J connectivity index is 1.79. The second-order valence-corrected chi connectivity index (χ2v) is 11.8. The third-order valence-corrected chi connectivity index (χ3v) is 10.0. The van der Waals surface area contributed by atoms with Gasteiger partial charge in [0.05, 0.1) is 13.2 Å². The van der Waals surface area contributed by atoms with E-state index in [9.17, 15) is 5.11 Å². The number of hydrogen-bond acceptors (Lipinski definition) is 7. The van der Waals surface area contributed by atoms with E-state index in [4.69, 9.17) is 28.4 Å². The van der Waals surface area contributed by atoms with Gasteiger partial charge < -0.3 is 33.5 Å². The molecule has 3 saturated heterocycles. The van der Waals surface area contributed by atoms with E-state index >= 15 is 0 Å². The van der Waals surface area contributed by atoms with Crippen LogP contribution in [0.5, 0.6) is 0 Å². The van der Waals surface area contributed by atoms with Crippen molar-refractivity contribution in [1.82, 2.24) is 0 Å². The summed E-state index contributed by atoms with van der Waals surface area (Å²) in [5.41, 5.74) is -4.36. The van der Waals surface area contributed by atoms with Gasteiger partial charge in [0.15, 0.2) is 23.5 Å². The maximum Gasteiger partial charge on any atom is 0.198 e. The van der Waals surface area contributed by atoms with Gasteiger partial charge in [0.25, 0.3) is 0 Å². The van der Waals surface area contributed by atoms with Crippen molar-refractivity contribution in [1.29, 1.82) is 0 Å². The monoisotopic (exact) mass is 492 g/mol. The summed E-state index contributed by atoms with van der Waals surface area (Å²) in [6.45, 7) is 18.4. The number of rotatable bonds is 4. The third kappa shape index (κ3) is 3.65. The zero-order chi connectivity index (χ0) is 26.1. The van der Waals surface area contributed by atoms with Crippen molar-refractivity contribution in [3.63, 3.8) is 0 Å². The molecule has 0 spiro atoms. The van der Waals surface area contributed by atoms with Gasteiger partial charge in [0.2, 0.25) is 0 Å². The Labute approximate surface area is 210 Å². The first kappa shape index (κ1) is 27.0. The number of aliphatic hydroxyl groups is 1. The highest BCUT2D eigenvalue weighted by molar-refractivity contribution is 5.26. The topological polar surface area (TPSA) is 75.6 Å². The van der Waals surface area contributed by atoms with Gasteiger partial charge in [-0.1, -0.05) is 51.1 Å². The fourth-order valence-corrected chi connectivity index (χ4v) is 6.21. The molecule has 0 radical (unpaired) electrons. The summed E-state index contributed by atoms with van der Waals surface area (Å²) in [6, 6.07) is 9.72. The van der Waals surface area contributed by atoms with Gasteiger partial charge in [-0.15, -0.1) is 0 Å². The van der Waals surface area contributed by atoms with Gasteiger partial charge in [-0.25, -0.2) is 0 Å². The van der Waals surface area contributed by atoms with Crippen molar-refractivity contribution in [2.24, 2.45) is 17.8 Å². The highest BCUT2D eigenvalue weighted by atomic mass is 16.8. The van der Waals surface area contributed by atoms with Gasteiger partial charge in [-0.05, 0) is 53.4 Å². The molecule has 3 aliphatic heterocycles. The lowest BCUT2D eigenvalue weighted by Crippen LogP contribution is -2.87. The van der Waals surface area contributed by atoms with Crippen LogP contribution in [-0.2, 0) is 28.4 Å². The highest BCUT2D eigenvalue weighted by Crippen LogP contribution is 2.61. The van der Waals surface area contributed by atoms with Crippen molar-refractivity contribution in [3.05, 3.63) is 35.9 Å². The predicted molar refractivity (Wildman–Crippen MR) is 131 cm³/mol. The molecule has 4 rings (SSSR count). The molecule has 1 N–H and O–H groups in total. The summed E-state index contributed by atoms with van der Waals surface area (Å²) in [4.78, 5) is 0. The van der Waals surface area contributed by atoms with Crippen molar-refractivity contribution in [2.45, 2.75) is 103 Å². The second-order valence-electron chi connectivity index (χ2n) is 11.8. The van der Waals surface area contributed by atoms with E-state index in [0.29, 0.717) is 18.4 Å². The molecule has 3 aliphatic rings. The van der Waals surface area contributed by atoms with Gasteiger partial charge in [-0.3, -0.25) is 0 Å². The van der Waals surface area contributed by atoms with Crippen LogP contribution in [0.3, 0.4) is 0 Å². The molecule has 7 nitrogen and oxygen atoms in total. The van der Waals surface area contributed by atoms with Crippen LogP contribution in [0, 0.1) is 17.8 Å². The van der Waals surface area contributed by atoms with Gasteiger partial charge in [-0.2, -0.15) is 0 Å². The van der Waals surface area contributed by atoms with E-state index in [-0.39, 0.29) is 12.5 Å². The Morgan fingerprint density at radius 3 is 2.20 bits per heavy atom. The molecule has 3 heterocycles. The minimum atomic E-state index is -1.59. The number of benzene rings is 1. The van der Waals surface area contributed by atoms with Gasteiger partial charge in [0, 0.05) is 18.6 Å². The molecule has 3 fully saturated rings. The van der Waals surface area contributed by atoms with E-state index < -0.39 is 40.3 Å². The Bertz CT molecular complexity index is 923. The summed E-state index contributed by atoms with van der Waals surface area (Å²) in [6.07, 6.45) is -0.665. The SMILES string of the molecule is CO[C@@]1(C)O[C@]2(C)CO[C@H](c3ccccc3)O[C@@]2(C)[C@@](C)(O)[C@]1(C)O[C@]1(C)OC[C@H](C)[C@@H](C)[C@H]1C. The van der Waals surface area contributed by atoms with Crippen LogP contribution in [0.1, 0.15) is 74.2 Å². The van der Waals surface area contributed by atoms with Crippen molar-refractivity contribution in [3.8, 4) is 0 Å². The fraction of sp³-hybridized carbons (Fsp3) is 0.786. The molecule has 0 amide bonds. The molecular weight excluding hydrogens is 448 g/mol. The first-order valence-corrected chi connectivity index (χ1v) is 12.8. The lowest BCUT2D eigenvalue weighted by atomic mass is 9.60. The molecule has 198 valence electrons. The average molecular weight is 493 g/mol. The van der Waals surface area contributed by atoms with Crippen molar-refractivity contribution < 1.29 is 33.5 Å². The molecule has 10 atom stereocenters. The first-order chi connectivity index (χ1) is 16.1. The van der Waals surface area contributed by atoms with E-state index in [2.05, 4.69) is 20.8 Å². The van der Waals surface area contributed by atoms with E-state index in [1.807, 2.05) is 58.0 Å². The smallest absolute Gasteiger partial charge is 0.198 e. The van der Waals surface area contributed by atoms with Crippen molar-refractivity contribution >= 4 is 0 Å². The molecule has 0 saturated carbocycles. The molecule has 0 unspecified atom stereocenters. The molecule has 35 heavy (non-hydrogen) atoms. The number of hydrogen-bond donors (Lipinski definition) is 1. The summed E-state index contributed by atoms with van der Waals surface area (Å²) in [7, 11) is 1.57. The molecule has 1 aromatic rings. The molecule has 0 aliphatic carbocycles. The first-order valence-electron chi connectivity index (χ1n) is 12.8. The van der Waals surface area contributed by atoms with Crippen LogP contribution in [-0.4, -0.2) is 59.4 Å². The maximum absolute atomic E-state index is 12.6. The zero-order valence-corrected chi connectivity index (χ0v) is 23.0. The minimum Gasteiger partial charge on any atom is -0.384 e. The lowest BCUT2D eigenvalue weighted by Gasteiger charge is -2.70. The molecular formula is C28H44O7. The maximum atomic E-state index is 12.6. The van der Waals surface area contributed by atoms with E-state index in [1.54, 1.807) is 21.0 Å². The normalized spacial score (nSPS) is 52.7. The quantitative estimate of drug-likeness (QED) is 0.646. The highest BCUT2D eigenvalue weighted by Gasteiger charge is 2.79. The number of methoxy groups -OCH3 is 1. The predicted octanol–water partition coefficient (Wildman–Crippen LogP) is 4.82. The van der Waals surface area contributed by atoms with Crippen molar-refractivity contribution in [2.75, 3.05) is 20.3 Å². The van der Waals surface area contributed by atoms with E-state index in [0.717, 1.165) is 5.56 Å². The van der Waals surface area contributed by atoms with Gasteiger partial charge >= 0.3 is 0 Å². The Kier molecular flexibility index (Phi) is 6.54. The fourth-order valence-electron chi connectivity index (χ4n) is 6.21. The zero-order valence-electron chi connectivity index (χ0n) is 23.0. The summed E-state index contributed by atoms with van der Waals surface area (Å²) < 4.78 is 38.7. The van der Waals surface area contributed by atoms with Crippen LogP contribution in [0.25, 0.3) is 0 Å². The minimum absolute atomic E-state index is 0.0637. The van der Waals surface area contributed by atoms with Crippen LogP contribution >= 0.6 is 0 Å². The van der Waals surface area contributed by atoms with Crippen LogP contribution < -0.4 is 0 Å². The molecule has 1 aromatic carbocycles. The molecule has 7 heteroatoms. The number of fused-ring (bicyclic) bond motifs is 1. The average Bonchev–Trinajstić information content (AvgIpc) is 2.82. The Morgan fingerprint density at radius 2 is 1.60 bits per heavy atom.